The van der Waals surface area contributed by atoms with E-state index in [1.807, 2.05) is 0 Å². The molecule has 5 heteroatoms. The van der Waals surface area contributed by atoms with Crippen molar-refractivity contribution in [2.75, 3.05) is 13.6 Å². The van der Waals surface area contributed by atoms with Crippen LogP contribution in [0.15, 0.2) is 30.5 Å². The summed E-state index contributed by atoms with van der Waals surface area (Å²) in [6, 6.07) is 6.99. The molecule has 2 rings (SSSR count). The lowest BCUT2D eigenvalue weighted by Crippen LogP contribution is -2.29. The topological polar surface area (TPSA) is 65.4 Å². The Morgan fingerprint density at radius 2 is 2.11 bits per heavy atom. The molecule has 0 aliphatic heterocycles. The van der Waals surface area contributed by atoms with Crippen molar-refractivity contribution in [1.82, 2.24) is 10.3 Å². The molecule has 0 saturated heterocycles. The zero-order valence-corrected chi connectivity index (χ0v) is 10.7. The summed E-state index contributed by atoms with van der Waals surface area (Å²) in [4.78, 5) is 4.20. The molecule has 96 valence electrons. The zero-order chi connectivity index (χ0) is 13.1. The van der Waals surface area contributed by atoms with Crippen LogP contribution in [-0.2, 0) is 0 Å². The van der Waals surface area contributed by atoms with E-state index in [2.05, 4.69) is 10.3 Å². The third kappa shape index (κ3) is 2.62. The van der Waals surface area contributed by atoms with Crippen LogP contribution in [0.2, 0.25) is 5.02 Å². The van der Waals surface area contributed by atoms with Gasteiger partial charge in [0, 0.05) is 23.2 Å². The number of nitrogens with one attached hydrogen (secondary N) is 1. The molecule has 0 radical (unpaired) electrons. The van der Waals surface area contributed by atoms with Crippen LogP contribution in [0.25, 0.3) is 10.9 Å². The molecule has 2 unspecified atom stereocenters. The number of fused-ring (bicyclic) bond motifs is 1. The van der Waals surface area contributed by atoms with Gasteiger partial charge in [-0.15, -0.1) is 0 Å². The Kier molecular flexibility index (Phi) is 4.14. The first-order valence-corrected chi connectivity index (χ1v) is 6.06. The number of aromatic nitrogens is 1. The number of aliphatic hydroxyl groups excluding tert-OH is 2. The number of benzene rings is 1. The first-order chi connectivity index (χ1) is 8.63. The number of likely N-dealkylation sites (N-methyl/N-ethyl adjacent to an activating group) is 1. The van der Waals surface area contributed by atoms with Crippen molar-refractivity contribution >= 4 is 22.5 Å². The van der Waals surface area contributed by atoms with Gasteiger partial charge in [0.2, 0.25) is 0 Å². The molecule has 3 N–H and O–H groups in total. The molecular formula is C13H15ClN2O2. The molecular weight excluding hydrogens is 252 g/mol. The van der Waals surface area contributed by atoms with Crippen LogP contribution in [-0.4, -0.2) is 34.9 Å². The number of pyridine rings is 1. The molecule has 0 aliphatic rings. The largest absolute Gasteiger partial charge is 0.389 e. The van der Waals surface area contributed by atoms with Crippen LogP contribution < -0.4 is 5.32 Å². The van der Waals surface area contributed by atoms with E-state index in [-0.39, 0.29) is 0 Å². The molecule has 4 nitrogen and oxygen atoms in total. The van der Waals surface area contributed by atoms with E-state index in [1.165, 1.54) is 0 Å². The molecule has 2 atom stereocenters. The predicted octanol–water partition coefficient (Wildman–Crippen LogP) is 1.50. The standard InChI is InChI=1S/C13H15ClN2O2/c1-15-7-12(17)13(18)10-4-5-16-11-6-8(14)2-3-9(10)11/h2-6,12-13,15,17-18H,7H2,1H3. The number of rotatable bonds is 4. The smallest absolute Gasteiger partial charge is 0.107 e. The number of aliphatic hydroxyl groups is 2. The van der Waals surface area contributed by atoms with Gasteiger partial charge in [0.1, 0.15) is 6.10 Å². The van der Waals surface area contributed by atoms with Crippen molar-refractivity contribution in [3.05, 3.63) is 41.0 Å². The molecule has 1 heterocycles. The molecule has 0 amide bonds. The van der Waals surface area contributed by atoms with Gasteiger partial charge < -0.3 is 15.5 Å². The van der Waals surface area contributed by atoms with Crippen LogP contribution >= 0.6 is 11.6 Å². The van der Waals surface area contributed by atoms with Crippen LogP contribution in [0.5, 0.6) is 0 Å². The Hall–Kier alpha value is -1.20. The molecule has 0 bridgehead atoms. The maximum Gasteiger partial charge on any atom is 0.107 e. The molecule has 2 aromatic rings. The third-order valence-corrected chi connectivity index (χ3v) is 3.07. The van der Waals surface area contributed by atoms with Crippen molar-refractivity contribution in [1.29, 1.82) is 0 Å². The fourth-order valence-corrected chi connectivity index (χ4v) is 2.10. The zero-order valence-electron chi connectivity index (χ0n) is 9.97. The van der Waals surface area contributed by atoms with Gasteiger partial charge in [0.15, 0.2) is 0 Å². The molecule has 0 saturated carbocycles. The van der Waals surface area contributed by atoms with Crippen LogP contribution in [0, 0.1) is 0 Å². The van der Waals surface area contributed by atoms with Gasteiger partial charge in [-0.25, -0.2) is 0 Å². The highest BCUT2D eigenvalue weighted by Gasteiger charge is 2.19. The summed E-state index contributed by atoms with van der Waals surface area (Å²) < 4.78 is 0. The lowest BCUT2D eigenvalue weighted by molar-refractivity contribution is 0.0211. The Morgan fingerprint density at radius 1 is 1.33 bits per heavy atom. The lowest BCUT2D eigenvalue weighted by Gasteiger charge is -2.19. The molecule has 18 heavy (non-hydrogen) atoms. The SMILES string of the molecule is CNCC(O)C(O)c1ccnc2cc(Cl)ccc12. The monoisotopic (exact) mass is 266 g/mol. The van der Waals surface area contributed by atoms with Gasteiger partial charge in [0.05, 0.1) is 11.6 Å². The number of nitrogens with zero attached hydrogens (tertiary/aromatic N) is 1. The number of hydrogen-bond donors (Lipinski definition) is 3. The molecule has 0 aliphatic carbocycles. The van der Waals surface area contributed by atoms with Crippen molar-refractivity contribution in [2.45, 2.75) is 12.2 Å². The van der Waals surface area contributed by atoms with Gasteiger partial charge in [-0.3, -0.25) is 4.98 Å². The predicted molar refractivity (Wildman–Crippen MR) is 71.6 cm³/mol. The second-order valence-electron chi connectivity index (χ2n) is 4.13. The van der Waals surface area contributed by atoms with Gasteiger partial charge >= 0.3 is 0 Å². The highest BCUT2D eigenvalue weighted by molar-refractivity contribution is 6.31. The number of halogens is 1. The van der Waals surface area contributed by atoms with E-state index < -0.39 is 12.2 Å². The second kappa shape index (κ2) is 5.63. The Bertz CT molecular complexity index is 548. The highest BCUT2D eigenvalue weighted by atomic mass is 35.5. The summed E-state index contributed by atoms with van der Waals surface area (Å²) in [5, 5.41) is 24.2. The first kappa shape index (κ1) is 13.2. The third-order valence-electron chi connectivity index (χ3n) is 2.83. The van der Waals surface area contributed by atoms with Gasteiger partial charge in [-0.05, 0) is 30.8 Å². The summed E-state index contributed by atoms with van der Waals surface area (Å²) in [7, 11) is 1.72. The van der Waals surface area contributed by atoms with Crippen LogP contribution in [0.1, 0.15) is 11.7 Å². The summed E-state index contributed by atoms with van der Waals surface area (Å²) in [5.41, 5.74) is 1.36. The summed E-state index contributed by atoms with van der Waals surface area (Å²) >= 11 is 5.90. The normalized spacial score (nSPS) is 14.7. The fourth-order valence-electron chi connectivity index (χ4n) is 1.93. The molecule has 1 aromatic heterocycles. The van der Waals surface area contributed by atoms with Crippen LogP contribution in [0.4, 0.5) is 0 Å². The van der Waals surface area contributed by atoms with Crippen LogP contribution in [0.3, 0.4) is 0 Å². The Morgan fingerprint density at radius 3 is 2.83 bits per heavy atom. The van der Waals surface area contributed by atoms with Crippen molar-refractivity contribution in [3.8, 4) is 0 Å². The molecule has 0 fully saturated rings. The molecule has 1 aromatic carbocycles. The summed E-state index contributed by atoms with van der Waals surface area (Å²) in [6.45, 7) is 0.318. The van der Waals surface area contributed by atoms with E-state index in [0.717, 1.165) is 5.39 Å². The molecule has 0 spiro atoms. The van der Waals surface area contributed by atoms with Gasteiger partial charge in [0.25, 0.3) is 0 Å². The van der Waals surface area contributed by atoms with E-state index in [4.69, 9.17) is 11.6 Å². The number of hydrogen-bond acceptors (Lipinski definition) is 4. The average Bonchev–Trinajstić information content (AvgIpc) is 2.37. The minimum Gasteiger partial charge on any atom is -0.389 e. The van der Waals surface area contributed by atoms with E-state index in [0.29, 0.717) is 22.6 Å². The van der Waals surface area contributed by atoms with Gasteiger partial charge in [-0.2, -0.15) is 0 Å². The Labute approximate surface area is 110 Å². The van der Waals surface area contributed by atoms with Gasteiger partial charge in [-0.1, -0.05) is 17.7 Å². The van der Waals surface area contributed by atoms with E-state index in [9.17, 15) is 10.2 Å². The second-order valence-corrected chi connectivity index (χ2v) is 4.57. The average molecular weight is 267 g/mol. The maximum atomic E-state index is 10.1. The van der Waals surface area contributed by atoms with E-state index >= 15 is 0 Å². The fraction of sp³-hybridized carbons (Fsp3) is 0.308. The van der Waals surface area contributed by atoms with Crippen molar-refractivity contribution in [3.63, 3.8) is 0 Å². The minimum atomic E-state index is -0.955. The van der Waals surface area contributed by atoms with E-state index in [1.54, 1.807) is 37.5 Å². The lowest BCUT2D eigenvalue weighted by atomic mass is 10.0. The quantitative estimate of drug-likeness (QED) is 0.785. The minimum absolute atomic E-state index is 0.318. The highest BCUT2D eigenvalue weighted by Crippen LogP contribution is 2.26. The Balaban J connectivity index is 2.44. The maximum absolute atomic E-state index is 10.1. The summed E-state index contributed by atoms with van der Waals surface area (Å²) in [5.74, 6) is 0. The summed E-state index contributed by atoms with van der Waals surface area (Å²) in [6.07, 6.45) is -0.219. The van der Waals surface area contributed by atoms with Crippen molar-refractivity contribution < 1.29 is 10.2 Å². The van der Waals surface area contributed by atoms with Crippen molar-refractivity contribution in [2.24, 2.45) is 0 Å². The first-order valence-electron chi connectivity index (χ1n) is 5.68.